The molecule has 4 nitrogen and oxygen atoms in total. The zero-order valence-electron chi connectivity index (χ0n) is 14.8. The van der Waals surface area contributed by atoms with E-state index in [1.165, 1.54) is 44.9 Å². The number of nitrogens with two attached hydrogens (primary N) is 1. The Morgan fingerprint density at radius 1 is 1.08 bits per heavy atom. The predicted octanol–water partition coefficient (Wildman–Crippen LogP) is 1.98. The fourth-order valence-electron chi connectivity index (χ4n) is 3.40. The fraction of sp³-hybridized carbons (Fsp3) is 0.600. The largest absolute Gasteiger partial charge is 0.341 e. The molecule has 1 fully saturated rings. The summed E-state index contributed by atoms with van der Waals surface area (Å²) in [5.41, 5.74) is 1.07. The third-order valence-corrected chi connectivity index (χ3v) is 4.89. The van der Waals surface area contributed by atoms with Crippen molar-refractivity contribution in [2.75, 3.05) is 6.54 Å². The number of hydrogen-bond acceptors (Lipinski definition) is 2. The van der Waals surface area contributed by atoms with Gasteiger partial charge in [0.05, 0.1) is 12.1 Å². The summed E-state index contributed by atoms with van der Waals surface area (Å²) in [5, 5.41) is 5.08. The molecule has 0 spiro atoms. The van der Waals surface area contributed by atoms with Gasteiger partial charge in [0.15, 0.2) is 12.3 Å². The van der Waals surface area contributed by atoms with E-state index in [9.17, 15) is 9.59 Å². The molecule has 0 aromatic heterocycles. The van der Waals surface area contributed by atoms with E-state index >= 15 is 0 Å². The van der Waals surface area contributed by atoms with Gasteiger partial charge >= 0.3 is 0 Å². The molecule has 0 radical (unpaired) electrons. The summed E-state index contributed by atoms with van der Waals surface area (Å²) in [6, 6.07) is 9.97. The van der Waals surface area contributed by atoms with Crippen LogP contribution in [0.3, 0.4) is 0 Å². The number of nitrogens with one attached hydrogen (secondary N) is 1. The summed E-state index contributed by atoms with van der Waals surface area (Å²) in [6.45, 7) is 1.97. The summed E-state index contributed by atoms with van der Waals surface area (Å²) in [6.07, 6.45) is 9.50. The second-order valence-corrected chi connectivity index (χ2v) is 6.97. The van der Waals surface area contributed by atoms with Crippen molar-refractivity contribution in [3.05, 3.63) is 35.9 Å². The summed E-state index contributed by atoms with van der Waals surface area (Å²) in [4.78, 5) is 24.1. The van der Waals surface area contributed by atoms with E-state index in [0.717, 1.165) is 5.56 Å². The van der Waals surface area contributed by atoms with E-state index in [0.29, 0.717) is 19.0 Å². The first-order chi connectivity index (χ1) is 11.6. The van der Waals surface area contributed by atoms with Crippen molar-refractivity contribution in [2.24, 2.45) is 0 Å². The molecule has 3 N–H and O–H groups in total. The smallest absolute Gasteiger partial charge is 0.275 e. The van der Waals surface area contributed by atoms with Gasteiger partial charge in [-0.05, 0) is 44.6 Å². The maximum Gasteiger partial charge on any atom is 0.275 e. The average Bonchev–Trinajstić information content (AvgIpc) is 2.54. The average molecular weight is 331 g/mol. The van der Waals surface area contributed by atoms with Gasteiger partial charge in [-0.3, -0.25) is 9.59 Å². The first kappa shape index (κ1) is 18.7. The molecule has 0 aliphatic heterocycles. The maximum absolute atomic E-state index is 12.3. The van der Waals surface area contributed by atoms with Crippen LogP contribution >= 0.6 is 0 Å². The molecule has 0 heterocycles. The molecule has 1 aliphatic carbocycles. The molecule has 132 valence electrons. The quantitative estimate of drug-likeness (QED) is 0.802. The van der Waals surface area contributed by atoms with Crippen LogP contribution in [0.1, 0.15) is 57.4 Å². The lowest BCUT2D eigenvalue weighted by molar-refractivity contribution is -0.680. The molecule has 1 aromatic rings. The number of hydrogen-bond donors (Lipinski definition) is 2. The molecule has 0 unspecified atom stereocenters. The molecule has 0 bridgehead atoms. The Hall–Kier alpha value is -1.68. The first-order valence-corrected chi connectivity index (χ1v) is 9.32. The van der Waals surface area contributed by atoms with E-state index in [2.05, 4.69) is 10.6 Å². The highest BCUT2D eigenvalue weighted by Gasteiger charge is 2.20. The molecule has 24 heavy (non-hydrogen) atoms. The minimum atomic E-state index is -0.425. The number of carbonyl (C=O) groups is 2. The van der Waals surface area contributed by atoms with E-state index in [1.807, 2.05) is 30.3 Å². The number of Topliss-reactive ketones (excluding diaryl/α,β-unsaturated/α-hetero) is 1. The highest BCUT2D eigenvalue weighted by molar-refractivity contribution is 5.87. The third-order valence-electron chi connectivity index (χ3n) is 4.89. The lowest BCUT2D eigenvalue weighted by atomic mass is 9.97. The molecule has 1 amide bonds. The standard InChI is InChI=1S/C20H30N2O2/c1-16(23)19(14-17-10-6-5-7-11-17)22-20(24)15-21-18-12-8-3-2-4-9-13-18/h5-7,10-11,18-19,21H,2-4,8-9,12-15H2,1H3,(H,22,24)/p+1/t19-/m0/s1. The predicted molar refractivity (Wildman–Crippen MR) is 95.7 cm³/mol. The van der Waals surface area contributed by atoms with Gasteiger partial charge in [0, 0.05) is 0 Å². The highest BCUT2D eigenvalue weighted by atomic mass is 16.2. The molecular weight excluding hydrogens is 300 g/mol. The summed E-state index contributed by atoms with van der Waals surface area (Å²) < 4.78 is 0. The van der Waals surface area contributed by atoms with E-state index in [1.54, 1.807) is 6.92 Å². The molecule has 0 saturated heterocycles. The van der Waals surface area contributed by atoms with Crippen molar-refractivity contribution in [1.29, 1.82) is 0 Å². The fourth-order valence-corrected chi connectivity index (χ4v) is 3.40. The van der Waals surface area contributed by atoms with E-state index in [-0.39, 0.29) is 11.7 Å². The second kappa shape index (κ2) is 10.2. The highest BCUT2D eigenvalue weighted by Crippen LogP contribution is 2.14. The molecule has 1 atom stereocenters. The summed E-state index contributed by atoms with van der Waals surface area (Å²) in [5.74, 6) is -0.0219. The Bertz CT molecular complexity index is 508. The molecule has 1 aliphatic rings. The SMILES string of the molecule is CC(=O)[C@H](Cc1ccccc1)NC(=O)C[NH2+]C1CCCCCCC1. The lowest BCUT2D eigenvalue weighted by Crippen LogP contribution is -2.92. The van der Waals surface area contributed by atoms with Crippen molar-refractivity contribution in [3.8, 4) is 0 Å². The lowest BCUT2D eigenvalue weighted by Gasteiger charge is -2.19. The van der Waals surface area contributed by atoms with Gasteiger partial charge in [-0.2, -0.15) is 0 Å². The number of benzene rings is 1. The van der Waals surface area contributed by atoms with Crippen LogP contribution in [-0.4, -0.2) is 30.3 Å². The van der Waals surface area contributed by atoms with Gasteiger partial charge in [0.2, 0.25) is 0 Å². The second-order valence-electron chi connectivity index (χ2n) is 6.97. The van der Waals surface area contributed by atoms with Gasteiger partial charge in [0.1, 0.15) is 0 Å². The Morgan fingerprint density at radius 3 is 2.33 bits per heavy atom. The van der Waals surface area contributed by atoms with Crippen molar-refractivity contribution in [2.45, 2.75) is 70.4 Å². The van der Waals surface area contributed by atoms with Crippen molar-refractivity contribution in [1.82, 2.24) is 5.32 Å². The number of amides is 1. The number of carbonyl (C=O) groups excluding carboxylic acids is 2. The Balaban J connectivity index is 1.78. The number of quaternary nitrogens is 1. The normalized spacial score (nSPS) is 17.5. The van der Waals surface area contributed by atoms with Crippen LogP contribution < -0.4 is 10.6 Å². The molecule has 4 heteroatoms. The summed E-state index contributed by atoms with van der Waals surface area (Å²) >= 11 is 0. The monoisotopic (exact) mass is 331 g/mol. The zero-order chi connectivity index (χ0) is 17.2. The van der Waals surface area contributed by atoms with Gasteiger partial charge in [-0.1, -0.05) is 49.6 Å². The van der Waals surface area contributed by atoms with Gasteiger partial charge in [0.25, 0.3) is 5.91 Å². The van der Waals surface area contributed by atoms with Crippen LogP contribution in [0.5, 0.6) is 0 Å². The van der Waals surface area contributed by atoms with Gasteiger partial charge in [-0.15, -0.1) is 0 Å². The van der Waals surface area contributed by atoms with Crippen molar-refractivity contribution >= 4 is 11.7 Å². The third kappa shape index (κ3) is 6.83. The molecule has 2 rings (SSSR count). The van der Waals surface area contributed by atoms with Gasteiger partial charge < -0.3 is 10.6 Å². The Morgan fingerprint density at radius 2 is 1.71 bits per heavy atom. The van der Waals surface area contributed by atoms with Crippen LogP contribution in [-0.2, 0) is 16.0 Å². The summed E-state index contributed by atoms with van der Waals surface area (Å²) in [7, 11) is 0. The van der Waals surface area contributed by atoms with Crippen LogP contribution in [0.25, 0.3) is 0 Å². The molecule has 1 saturated carbocycles. The maximum atomic E-state index is 12.3. The van der Waals surface area contributed by atoms with E-state index < -0.39 is 6.04 Å². The minimum Gasteiger partial charge on any atom is -0.341 e. The van der Waals surface area contributed by atoms with E-state index in [4.69, 9.17) is 0 Å². The topological polar surface area (TPSA) is 62.8 Å². The minimum absolute atomic E-state index is 0.0122. The Labute approximate surface area is 145 Å². The number of rotatable bonds is 7. The van der Waals surface area contributed by atoms with Crippen molar-refractivity contribution in [3.63, 3.8) is 0 Å². The first-order valence-electron chi connectivity index (χ1n) is 9.32. The van der Waals surface area contributed by atoms with Crippen LogP contribution in [0.15, 0.2) is 30.3 Å². The Kier molecular flexibility index (Phi) is 7.96. The molecular formula is C20H31N2O2+. The molecule has 1 aromatic carbocycles. The number of ketones is 1. The van der Waals surface area contributed by atoms with Crippen molar-refractivity contribution < 1.29 is 14.9 Å². The van der Waals surface area contributed by atoms with Crippen LogP contribution in [0.2, 0.25) is 0 Å². The van der Waals surface area contributed by atoms with Crippen LogP contribution in [0, 0.1) is 0 Å². The van der Waals surface area contributed by atoms with Crippen LogP contribution in [0.4, 0.5) is 0 Å². The van der Waals surface area contributed by atoms with Gasteiger partial charge in [-0.25, -0.2) is 0 Å². The zero-order valence-corrected chi connectivity index (χ0v) is 14.8.